The van der Waals surface area contributed by atoms with Crippen molar-refractivity contribution in [1.29, 1.82) is 0 Å². The van der Waals surface area contributed by atoms with Gasteiger partial charge in [0.05, 0.1) is 6.54 Å². The van der Waals surface area contributed by atoms with E-state index in [0.717, 1.165) is 51.0 Å². The third-order valence-electron chi connectivity index (χ3n) is 4.00. The highest BCUT2D eigenvalue weighted by atomic mass is 32.2. The Kier molecular flexibility index (Phi) is 7.43. The van der Waals surface area contributed by atoms with Crippen LogP contribution in [0.15, 0.2) is 34.2 Å². The van der Waals surface area contributed by atoms with Crippen LogP contribution in [-0.4, -0.2) is 66.7 Å². The van der Waals surface area contributed by atoms with Crippen molar-refractivity contribution in [3.8, 4) is 0 Å². The van der Waals surface area contributed by atoms with Crippen LogP contribution in [0.2, 0.25) is 0 Å². The quantitative estimate of drug-likeness (QED) is 0.384. The molecule has 1 fully saturated rings. The zero-order chi connectivity index (χ0) is 17.4. The maximum Gasteiger partial charge on any atom is 0.219 e. The zero-order valence-electron chi connectivity index (χ0n) is 14.9. The number of carbonyl (C=O) groups is 1. The van der Waals surface area contributed by atoms with Gasteiger partial charge in [-0.2, -0.15) is 0 Å². The molecule has 1 aliphatic heterocycles. The summed E-state index contributed by atoms with van der Waals surface area (Å²) < 4.78 is 0. The summed E-state index contributed by atoms with van der Waals surface area (Å²) in [5.74, 6) is 2.09. The largest absolute Gasteiger partial charge is 0.357 e. The minimum Gasteiger partial charge on any atom is -0.357 e. The number of piperazine rings is 1. The van der Waals surface area contributed by atoms with E-state index >= 15 is 0 Å². The second-order valence-electron chi connectivity index (χ2n) is 5.89. The number of hydrogen-bond acceptors (Lipinski definition) is 3. The van der Waals surface area contributed by atoms with E-state index in [1.165, 1.54) is 10.5 Å². The lowest BCUT2D eigenvalue weighted by molar-refractivity contribution is -0.130. The first-order chi connectivity index (χ1) is 11.6. The predicted octanol–water partition coefficient (Wildman–Crippen LogP) is 2.22. The molecule has 1 aromatic rings. The molecule has 0 bridgehead atoms. The van der Waals surface area contributed by atoms with Gasteiger partial charge in [-0.05, 0) is 26.0 Å². The fraction of sp³-hybridized carbons (Fsp3) is 0.556. The van der Waals surface area contributed by atoms with Crippen LogP contribution in [0.1, 0.15) is 19.4 Å². The Morgan fingerprint density at radius 2 is 1.79 bits per heavy atom. The summed E-state index contributed by atoms with van der Waals surface area (Å²) in [6, 6.07) is 8.61. The zero-order valence-corrected chi connectivity index (χ0v) is 15.7. The van der Waals surface area contributed by atoms with E-state index in [0.29, 0.717) is 0 Å². The molecule has 0 aliphatic carbocycles. The molecule has 6 heteroatoms. The number of thioether (sulfide) groups is 1. The first-order valence-electron chi connectivity index (χ1n) is 8.58. The maximum atomic E-state index is 11.4. The van der Waals surface area contributed by atoms with Crippen LogP contribution >= 0.6 is 11.8 Å². The lowest BCUT2D eigenvalue weighted by Crippen LogP contribution is -2.53. The summed E-state index contributed by atoms with van der Waals surface area (Å²) in [6.45, 7) is 10.7. The van der Waals surface area contributed by atoms with Gasteiger partial charge >= 0.3 is 0 Å². The molecular formula is C18H28N4OS. The second-order valence-corrected chi connectivity index (χ2v) is 7.06. The van der Waals surface area contributed by atoms with Gasteiger partial charge < -0.3 is 15.1 Å². The van der Waals surface area contributed by atoms with E-state index in [1.807, 2.05) is 16.7 Å². The Labute approximate surface area is 149 Å². The Morgan fingerprint density at radius 3 is 2.38 bits per heavy atom. The number of benzene rings is 1. The monoisotopic (exact) mass is 348 g/mol. The van der Waals surface area contributed by atoms with Crippen LogP contribution in [-0.2, 0) is 4.79 Å². The molecule has 1 amide bonds. The minimum absolute atomic E-state index is 0.158. The minimum atomic E-state index is 0.158. The van der Waals surface area contributed by atoms with Gasteiger partial charge in [-0.1, -0.05) is 17.7 Å². The molecule has 5 nitrogen and oxygen atoms in total. The Balaban J connectivity index is 1.82. The van der Waals surface area contributed by atoms with Crippen molar-refractivity contribution in [3.05, 3.63) is 29.8 Å². The molecule has 24 heavy (non-hydrogen) atoms. The molecule has 0 spiro atoms. The number of aryl methyl sites for hydroxylation is 1. The van der Waals surface area contributed by atoms with E-state index < -0.39 is 0 Å². The number of hydrogen-bond donors (Lipinski definition) is 1. The lowest BCUT2D eigenvalue weighted by atomic mass is 10.2. The fourth-order valence-electron chi connectivity index (χ4n) is 2.61. The number of aliphatic imine (C=N–C) groups is 1. The molecule has 1 N–H and O–H groups in total. The van der Waals surface area contributed by atoms with Gasteiger partial charge in [-0.15, -0.1) is 11.8 Å². The van der Waals surface area contributed by atoms with Gasteiger partial charge in [-0.3, -0.25) is 9.79 Å². The topological polar surface area (TPSA) is 47.9 Å². The van der Waals surface area contributed by atoms with Crippen LogP contribution in [0, 0.1) is 6.92 Å². The number of amides is 1. The number of carbonyl (C=O) groups excluding carboxylic acids is 1. The van der Waals surface area contributed by atoms with Crippen molar-refractivity contribution in [1.82, 2.24) is 15.1 Å². The molecule has 2 rings (SSSR count). The van der Waals surface area contributed by atoms with Gasteiger partial charge in [0, 0.05) is 50.3 Å². The van der Waals surface area contributed by atoms with Gasteiger partial charge in [0.25, 0.3) is 0 Å². The van der Waals surface area contributed by atoms with Gasteiger partial charge in [0.1, 0.15) is 0 Å². The van der Waals surface area contributed by atoms with E-state index in [1.54, 1.807) is 6.92 Å². The third-order valence-corrected chi connectivity index (χ3v) is 4.99. The Bertz CT molecular complexity index is 551. The van der Waals surface area contributed by atoms with Crippen molar-refractivity contribution in [2.24, 2.45) is 4.99 Å². The summed E-state index contributed by atoms with van der Waals surface area (Å²) in [5.41, 5.74) is 1.29. The molecule has 132 valence electrons. The fourth-order valence-corrected chi connectivity index (χ4v) is 3.36. The van der Waals surface area contributed by atoms with E-state index in [-0.39, 0.29) is 5.91 Å². The maximum absolute atomic E-state index is 11.4. The van der Waals surface area contributed by atoms with E-state index in [4.69, 9.17) is 4.99 Å². The Hall–Kier alpha value is -1.69. The number of rotatable bonds is 5. The van der Waals surface area contributed by atoms with Crippen LogP contribution in [0.25, 0.3) is 0 Å². The van der Waals surface area contributed by atoms with Crippen molar-refractivity contribution in [2.45, 2.75) is 25.7 Å². The highest BCUT2D eigenvalue weighted by molar-refractivity contribution is 7.99. The van der Waals surface area contributed by atoms with Crippen LogP contribution in [0.5, 0.6) is 0 Å². The first kappa shape index (κ1) is 18.6. The second kappa shape index (κ2) is 9.57. The van der Waals surface area contributed by atoms with Gasteiger partial charge in [0.2, 0.25) is 5.91 Å². The van der Waals surface area contributed by atoms with Crippen molar-refractivity contribution >= 4 is 23.6 Å². The van der Waals surface area contributed by atoms with Gasteiger partial charge in [0.15, 0.2) is 5.96 Å². The summed E-state index contributed by atoms with van der Waals surface area (Å²) >= 11 is 1.83. The molecule has 1 aromatic carbocycles. The molecule has 1 saturated heterocycles. The van der Waals surface area contributed by atoms with E-state index in [2.05, 4.69) is 48.3 Å². The van der Waals surface area contributed by atoms with Crippen molar-refractivity contribution in [3.63, 3.8) is 0 Å². The summed E-state index contributed by atoms with van der Waals surface area (Å²) in [4.78, 5) is 21.6. The average Bonchev–Trinajstić information content (AvgIpc) is 2.59. The first-order valence-corrected chi connectivity index (χ1v) is 9.57. The molecule has 0 radical (unpaired) electrons. The third kappa shape index (κ3) is 5.74. The average molecular weight is 349 g/mol. The summed E-state index contributed by atoms with van der Waals surface area (Å²) in [5, 5.41) is 3.37. The molecular weight excluding hydrogens is 320 g/mol. The van der Waals surface area contributed by atoms with Crippen molar-refractivity contribution in [2.75, 3.05) is 45.0 Å². The SMILES string of the molecule is CCNC(=NCCSc1ccc(C)cc1)N1CCN(C(C)=O)CC1. The molecule has 0 unspecified atom stereocenters. The number of guanidine groups is 1. The predicted molar refractivity (Wildman–Crippen MR) is 102 cm³/mol. The Morgan fingerprint density at radius 1 is 1.17 bits per heavy atom. The number of nitrogens with zero attached hydrogens (tertiary/aromatic N) is 3. The lowest BCUT2D eigenvalue weighted by Gasteiger charge is -2.36. The smallest absolute Gasteiger partial charge is 0.219 e. The van der Waals surface area contributed by atoms with Crippen molar-refractivity contribution < 1.29 is 4.79 Å². The highest BCUT2D eigenvalue weighted by Crippen LogP contribution is 2.17. The standard InChI is InChI=1S/C18H28N4OS/c1-4-19-18(22-12-10-21(11-13-22)16(3)23)20-9-14-24-17-7-5-15(2)6-8-17/h5-8H,4,9-14H2,1-3H3,(H,19,20). The molecule has 1 aliphatic rings. The summed E-state index contributed by atoms with van der Waals surface area (Å²) in [7, 11) is 0. The van der Waals surface area contributed by atoms with Crippen LogP contribution < -0.4 is 5.32 Å². The molecule has 0 saturated carbocycles. The molecule has 1 heterocycles. The molecule has 0 atom stereocenters. The van der Waals surface area contributed by atoms with E-state index in [9.17, 15) is 4.79 Å². The van der Waals surface area contributed by atoms with Gasteiger partial charge in [-0.25, -0.2) is 0 Å². The van der Waals surface area contributed by atoms with Crippen LogP contribution in [0.4, 0.5) is 0 Å². The summed E-state index contributed by atoms with van der Waals surface area (Å²) in [6.07, 6.45) is 0. The number of nitrogens with one attached hydrogen (secondary N) is 1. The molecule has 0 aromatic heterocycles. The van der Waals surface area contributed by atoms with Crippen LogP contribution in [0.3, 0.4) is 0 Å². The highest BCUT2D eigenvalue weighted by Gasteiger charge is 2.20. The normalized spacial score (nSPS) is 15.5.